The quantitative estimate of drug-likeness (QED) is 0.372. The van der Waals surface area contributed by atoms with E-state index in [1.165, 1.54) is 24.3 Å². The van der Waals surface area contributed by atoms with E-state index in [1.54, 1.807) is 12.1 Å². The van der Waals surface area contributed by atoms with Crippen LogP contribution in [0, 0.1) is 17.1 Å². The number of rotatable bonds is 10. The van der Waals surface area contributed by atoms with E-state index in [9.17, 15) is 19.2 Å². The molecule has 12 heteroatoms. The molecule has 0 aliphatic rings. The molecule has 0 aliphatic carbocycles. The highest BCUT2D eigenvalue weighted by Crippen LogP contribution is 2.28. The standard InChI is InChI=1S/C23H21FN4O6.ClH/c1-12(2)33-19-6-4-14(8-15(19)10-25)22-27-21(28-34-22)16-5-3-13(7-17(16)24)11-26-18(23(31)32)9-20(29)30;/h3-8,12,18,26H,9,11H2,1-2H3,(H,29,30)(H,31,32);1H/t18-;/m0./s1. The van der Waals surface area contributed by atoms with E-state index < -0.39 is 30.2 Å². The molecule has 0 radical (unpaired) electrons. The van der Waals surface area contributed by atoms with E-state index in [4.69, 9.17) is 19.5 Å². The van der Waals surface area contributed by atoms with Crippen LogP contribution >= 0.6 is 12.4 Å². The Morgan fingerprint density at radius 1 is 1.23 bits per heavy atom. The number of hydrogen-bond acceptors (Lipinski definition) is 8. The first-order valence-electron chi connectivity index (χ1n) is 10.2. The lowest BCUT2D eigenvalue weighted by atomic mass is 10.1. The molecule has 1 heterocycles. The van der Waals surface area contributed by atoms with Crippen LogP contribution in [0.2, 0.25) is 0 Å². The van der Waals surface area contributed by atoms with E-state index >= 15 is 0 Å². The molecule has 10 nitrogen and oxygen atoms in total. The number of carbonyl (C=O) groups is 2. The number of carboxylic acids is 2. The van der Waals surface area contributed by atoms with Gasteiger partial charge in [0.2, 0.25) is 5.82 Å². The molecule has 1 atom stereocenters. The summed E-state index contributed by atoms with van der Waals surface area (Å²) in [6, 6.07) is 9.67. The van der Waals surface area contributed by atoms with Crippen LogP contribution in [-0.4, -0.2) is 44.4 Å². The van der Waals surface area contributed by atoms with E-state index in [2.05, 4.69) is 21.5 Å². The van der Waals surface area contributed by atoms with Crippen LogP contribution in [0.15, 0.2) is 40.9 Å². The fourth-order valence-electron chi connectivity index (χ4n) is 3.07. The Morgan fingerprint density at radius 3 is 2.57 bits per heavy atom. The van der Waals surface area contributed by atoms with Crippen LogP contribution in [0.4, 0.5) is 4.39 Å². The van der Waals surface area contributed by atoms with Crippen LogP contribution in [-0.2, 0) is 16.1 Å². The van der Waals surface area contributed by atoms with E-state index in [1.807, 2.05) is 13.8 Å². The van der Waals surface area contributed by atoms with E-state index in [-0.39, 0.29) is 47.9 Å². The summed E-state index contributed by atoms with van der Waals surface area (Å²) < 4.78 is 25.5. The van der Waals surface area contributed by atoms with Crippen molar-refractivity contribution in [3.05, 3.63) is 53.3 Å². The van der Waals surface area contributed by atoms with Crippen LogP contribution in [0.25, 0.3) is 22.8 Å². The van der Waals surface area contributed by atoms with Gasteiger partial charge in [-0.15, -0.1) is 12.4 Å². The van der Waals surface area contributed by atoms with Gasteiger partial charge in [-0.1, -0.05) is 11.2 Å². The van der Waals surface area contributed by atoms with Crippen molar-refractivity contribution in [3.63, 3.8) is 0 Å². The Labute approximate surface area is 205 Å². The van der Waals surface area contributed by atoms with Crippen molar-refractivity contribution < 1.29 is 33.5 Å². The highest BCUT2D eigenvalue weighted by atomic mass is 35.5. The third-order valence-corrected chi connectivity index (χ3v) is 4.64. The molecule has 0 saturated carbocycles. The molecular weight excluding hydrogens is 483 g/mol. The first-order valence-corrected chi connectivity index (χ1v) is 10.2. The van der Waals surface area contributed by atoms with Gasteiger partial charge in [0.25, 0.3) is 5.89 Å². The maximum atomic E-state index is 14.7. The molecule has 184 valence electrons. The van der Waals surface area contributed by atoms with Gasteiger partial charge in [0, 0.05) is 12.1 Å². The molecule has 0 amide bonds. The predicted octanol–water partition coefficient (Wildman–Crippen LogP) is 3.64. The average molecular weight is 505 g/mol. The predicted molar refractivity (Wildman–Crippen MR) is 123 cm³/mol. The van der Waals surface area contributed by atoms with Crippen molar-refractivity contribution >= 4 is 24.3 Å². The lowest BCUT2D eigenvalue weighted by molar-refractivity contribution is -0.146. The number of hydrogen-bond donors (Lipinski definition) is 3. The first-order chi connectivity index (χ1) is 16.2. The van der Waals surface area contributed by atoms with Gasteiger partial charge in [0.1, 0.15) is 23.7 Å². The van der Waals surface area contributed by atoms with Gasteiger partial charge in [-0.2, -0.15) is 10.2 Å². The molecule has 35 heavy (non-hydrogen) atoms. The zero-order valence-electron chi connectivity index (χ0n) is 18.7. The Balaban J connectivity index is 0.00000432. The van der Waals surface area contributed by atoms with Gasteiger partial charge in [-0.25, -0.2) is 4.39 Å². The Bertz CT molecular complexity index is 1260. The molecule has 0 aliphatic heterocycles. The van der Waals surface area contributed by atoms with Crippen LogP contribution < -0.4 is 10.1 Å². The Morgan fingerprint density at radius 2 is 1.97 bits per heavy atom. The van der Waals surface area contributed by atoms with Gasteiger partial charge in [0.05, 0.1) is 23.7 Å². The zero-order chi connectivity index (χ0) is 24.8. The third kappa shape index (κ3) is 6.99. The number of aromatic nitrogens is 2. The second-order valence-corrected chi connectivity index (χ2v) is 7.60. The summed E-state index contributed by atoms with van der Waals surface area (Å²) in [5, 5.41) is 33.6. The Kier molecular flexibility index (Phi) is 9.27. The van der Waals surface area contributed by atoms with Gasteiger partial charge >= 0.3 is 11.9 Å². The minimum atomic E-state index is -1.32. The topological polar surface area (TPSA) is 159 Å². The molecule has 3 aromatic rings. The highest BCUT2D eigenvalue weighted by molar-refractivity contribution is 5.85. The minimum absolute atomic E-state index is 0. The average Bonchev–Trinajstić information content (AvgIpc) is 3.26. The van der Waals surface area contributed by atoms with Crippen LogP contribution in [0.5, 0.6) is 5.75 Å². The maximum absolute atomic E-state index is 14.7. The van der Waals surface area contributed by atoms with E-state index in [0.29, 0.717) is 16.9 Å². The van der Waals surface area contributed by atoms with E-state index in [0.717, 1.165) is 0 Å². The van der Waals surface area contributed by atoms with Gasteiger partial charge in [0.15, 0.2) is 0 Å². The van der Waals surface area contributed by atoms with Crippen molar-refractivity contribution in [3.8, 4) is 34.7 Å². The molecular formula is C23H22ClFN4O6. The highest BCUT2D eigenvalue weighted by Gasteiger charge is 2.21. The van der Waals surface area contributed by atoms with Gasteiger partial charge in [-0.05, 0) is 49.7 Å². The summed E-state index contributed by atoms with van der Waals surface area (Å²) in [5.41, 5.74) is 1.21. The van der Waals surface area contributed by atoms with Crippen molar-refractivity contribution in [2.24, 2.45) is 0 Å². The smallest absolute Gasteiger partial charge is 0.321 e. The monoisotopic (exact) mass is 504 g/mol. The SMILES string of the molecule is CC(C)Oc1ccc(-c2nc(-c3ccc(CN[C@@H](CC(=O)O)C(=O)O)cc3F)no2)cc1C#N.Cl. The van der Waals surface area contributed by atoms with Crippen LogP contribution in [0.1, 0.15) is 31.4 Å². The molecule has 0 spiro atoms. The first kappa shape index (κ1) is 27.2. The van der Waals surface area contributed by atoms with Gasteiger partial charge in [-0.3, -0.25) is 14.9 Å². The number of nitrogens with one attached hydrogen (secondary N) is 1. The molecule has 1 aromatic heterocycles. The Hall–Kier alpha value is -4.01. The fraction of sp³-hybridized carbons (Fsp3) is 0.261. The minimum Gasteiger partial charge on any atom is -0.490 e. The summed E-state index contributed by atoms with van der Waals surface area (Å²) >= 11 is 0. The van der Waals surface area contributed by atoms with Crippen LogP contribution in [0.3, 0.4) is 0 Å². The maximum Gasteiger partial charge on any atom is 0.321 e. The summed E-state index contributed by atoms with van der Waals surface area (Å²) in [6.45, 7) is 3.63. The van der Waals surface area contributed by atoms with Crippen molar-refractivity contribution in [1.82, 2.24) is 15.5 Å². The number of nitrogens with zero attached hydrogens (tertiary/aromatic N) is 3. The number of carboxylic acid groups (broad SMARTS) is 2. The third-order valence-electron chi connectivity index (χ3n) is 4.64. The number of aliphatic carboxylic acids is 2. The normalized spacial score (nSPS) is 11.4. The van der Waals surface area contributed by atoms with Crippen molar-refractivity contribution in [2.75, 3.05) is 0 Å². The molecule has 2 aromatic carbocycles. The molecule has 3 rings (SSSR count). The fourth-order valence-corrected chi connectivity index (χ4v) is 3.07. The molecule has 0 fully saturated rings. The van der Waals surface area contributed by atoms with Crippen molar-refractivity contribution in [2.45, 2.75) is 39.0 Å². The second-order valence-electron chi connectivity index (χ2n) is 7.60. The number of nitriles is 1. The summed E-state index contributed by atoms with van der Waals surface area (Å²) in [5.74, 6) is -2.76. The molecule has 0 saturated heterocycles. The lowest BCUT2D eigenvalue weighted by Gasteiger charge is -2.12. The summed E-state index contributed by atoms with van der Waals surface area (Å²) in [4.78, 5) is 26.1. The molecule has 0 unspecified atom stereocenters. The lowest BCUT2D eigenvalue weighted by Crippen LogP contribution is -2.38. The zero-order valence-corrected chi connectivity index (χ0v) is 19.5. The second kappa shape index (κ2) is 11.9. The largest absolute Gasteiger partial charge is 0.490 e. The number of halogens is 2. The number of benzene rings is 2. The number of ether oxygens (including phenoxy) is 1. The summed E-state index contributed by atoms with van der Waals surface area (Å²) in [7, 11) is 0. The molecule has 3 N–H and O–H groups in total. The van der Waals surface area contributed by atoms with Gasteiger partial charge < -0.3 is 19.5 Å². The van der Waals surface area contributed by atoms with Crippen molar-refractivity contribution in [1.29, 1.82) is 5.26 Å². The molecule has 0 bridgehead atoms. The summed E-state index contributed by atoms with van der Waals surface area (Å²) in [6.07, 6.45) is -0.721.